The van der Waals surface area contributed by atoms with Gasteiger partial charge < -0.3 is 4.74 Å². The largest absolute Gasteiger partial charge is 0.349 e. The highest BCUT2D eigenvalue weighted by atomic mass is 16.5. The smallest absolute Gasteiger partial charge is 0.178 e. The zero-order chi connectivity index (χ0) is 5.82. The van der Waals surface area contributed by atoms with Crippen LogP contribution in [0.3, 0.4) is 0 Å². The van der Waals surface area contributed by atoms with Crippen molar-refractivity contribution >= 4 is 0 Å². The lowest BCUT2D eigenvalue weighted by atomic mass is 10.7. The molecule has 0 bridgehead atoms. The first-order valence-electron chi connectivity index (χ1n) is 2.95. The van der Waals surface area contributed by atoms with Crippen molar-refractivity contribution in [3.63, 3.8) is 0 Å². The van der Waals surface area contributed by atoms with Gasteiger partial charge in [0.1, 0.15) is 0 Å². The fourth-order valence-corrected chi connectivity index (χ4v) is 0.704. The van der Waals surface area contributed by atoms with Gasteiger partial charge in [0.2, 0.25) is 0 Å². The molecule has 0 spiro atoms. The molecule has 0 aromatic heterocycles. The molecular formula is C5H11N2O. The lowest BCUT2D eigenvalue weighted by molar-refractivity contribution is 0.0350. The first-order valence-corrected chi connectivity index (χ1v) is 2.95. The van der Waals surface area contributed by atoms with Crippen LogP contribution in [0.2, 0.25) is 0 Å². The summed E-state index contributed by atoms with van der Waals surface area (Å²) < 4.78 is 5.12. The monoisotopic (exact) mass is 115 g/mol. The van der Waals surface area contributed by atoms with Crippen molar-refractivity contribution < 1.29 is 4.74 Å². The second-order valence-corrected chi connectivity index (χ2v) is 1.67. The average molecular weight is 115 g/mol. The number of ether oxygens (including phenoxy) is 1. The quantitative estimate of drug-likeness (QED) is 0.527. The predicted octanol–water partition coefficient (Wildman–Crippen LogP) is -0.486. The van der Waals surface area contributed by atoms with E-state index in [1.165, 1.54) is 0 Å². The molecule has 47 valence electrons. The molecule has 8 heavy (non-hydrogen) atoms. The third kappa shape index (κ3) is 1.43. The van der Waals surface area contributed by atoms with Gasteiger partial charge in [-0.3, -0.25) is 5.32 Å². The zero-order valence-electron chi connectivity index (χ0n) is 5.05. The van der Waals surface area contributed by atoms with Gasteiger partial charge >= 0.3 is 0 Å². The fraction of sp³-hybridized carbons (Fsp3) is 1.00. The van der Waals surface area contributed by atoms with Crippen LogP contribution in [-0.4, -0.2) is 26.0 Å². The van der Waals surface area contributed by atoms with Gasteiger partial charge in [-0.1, -0.05) is 0 Å². The summed E-state index contributed by atoms with van der Waals surface area (Å²) in [6, 6.07) is 0. The van der Waals surface area contributed by atoms with Crippen LogP contribution in [0.5, 0.6) is 0 Å². The van der Waals surface area contributed by atoms with Crippen LogP contribution in [-0.2, 0) is 4.74 Å². The summed E-state index contributed by atoms with van der Waals surface area (Å²) in [6.07, 6.45) is -0.0139. The van der Waals surface area contributed by atoms with Crippen LogP contribution in [0.4, 0.5) is 0 Å². The van der Waals surface area contributed by atoms with Gasteiger partial charge in [0.15, 0.2) is 6.35 Å². The molecule has 3 nitrogen and oxygen atoms in total. The van der Waals surface area contributed by atoms with Crippen molar-refractivity contribution in [2.24, 2.45) is 0 Å². The Kier molecular flexibility index (Phi) is 2.27. The summed E-state index contributed by atoms with van der Waals surface area (Å²) in [5.41, 5.74) is 0. The first kappa shape index (κ1) is 6.01. The van der Waals surface area contributed by atoms with E-state index in [1.54, 1.807) is 0 Å². The first-order chi connectivity index (χ1) is 3.93. The Labute approximate surface area is 49.4 Å². The van der Waals surface area contributed by atoms with E-state index in [0.29, 0.717) is 0 Å². The zero-order valence-corrected chi connectivity index (χ0v) is 5.05. The third-order valence-corrected chi connectivity index (χ3v) is 1.05. The molecular weight excluding hydrogens is 104 g/mol. The Morgan fingerprint density at radius 3 is 3.25 bits per heavy atom. The topological polar surface area (TPSA) is 35.4 Å². The van der Waals surface area contributed by atoms with E-state index in [9.17, 15) is 0 Å². The van der Waals surface area contributed by atoms with E-state index < -0.39 is 0 Å². The predicted molar refractivity (Wildman–Crippen MR) is 30.4 cm³/mol. The molecule has 0 aliphatic carbocycles. The minimum atomic E-state index is -0.0139. The van der Waals surface area contributed by atoms with Gasteiger partial charge in [-0.15, -0.1) is 0 Å². The molecule has 1 saturated heterocycles. The van der Waals surface area contributed by atoms with E-state index >= 15 is 0 Å². The van der Waals surface area contributed by atoms with E-state index in [1.807, 2.05) is 6.92 Å². The van der Waals surface area contributed by atoms with Gasteiger partial charge in [0.25, 0.3) is 0 Å². The van der Waals surface area contributed by atoms with E-state index in [2.05, 4.69) is 10.6 Å². The van der Waals surface area contributed by atoms with E-state index in [4.69, 9.17) is 4.74 Å². The van der Waals surface area contributed by atoms with E-state index in [-0.39, 0.29) is 6.35 Å². The Bertz CT molecular complexity index is 61.4. The number of nitrogens with zero attached hydrogens (tertiary/aromatic N) is 1. The Morgan fingerprint density at radius 2 is 2.75 bits per heavy atom. The summed E-state index contributed by atoms with van der Waals surface area (Å²) in [4.78, 5) is 0. The number of rotatable bonds is 2. The molecule has 3 heteroatoms. The van der Waals surface area contributed by atoms with Crippen LogP contribution in [0.15, 0.2) is 0 Å². The second kappa shape index (κ2) is 3.02. The van der Waals surface area contributed by atoms with Gasteiger partial charge in [-0.2, -0.15) is 5.32 Å². The molecule has 1 atom stereocenters. The lowest BCUT2D eigenvalue weighted by Gasteiger charge is -2.06. The van der Waals surface area contributed by atoms with Crippen LogP contribution >= 0.6 is 0 Å². The highest BCUT2D eigenvalue weighted by molar-refractivity contribution is 4.62. The molecule has 1 aliphatic heterocycles. The van der Waals surface area contributed by atoms with E-state index in [0.717, 1.165) is 19.7 Å². The minimum absolute atomic E-state index is 0.0139. The fourth-order valence-electron chi connectivity index (χ4n) is 0.704. The van der Waals surface area contributed by atoms with Crippen LogP contribution in [0.25, 0.3) is 0 Å². The Balaban J connectivity index is 2.06. The number of nitrogens with one attached hydrogen (secondary N) is 1. The Hall–Kier alpha value is -0.120. The molecule has 0 saturated carbocycles. The molecule has 0 aromatic carbocycles. The normalized spacial score (nSPS) is 22.1. The van der Waals surface area contributed by atoms with Crippen molar-refractivity contribution in [1.29, 1.82) is 0 Å². The van der Waals surface area contributed by atoms with Crippen LogP contribution < -0.4 is 10.6 Å². The molecule has 0 aromatic rings. The van der Waals surface area contributed by atoms with Crippen molar-refractivity contribution in [2.75, 3.05) is 19.7 Å². The van der Waals surface area contributed by atoms with Crippen molar-refractivity contribution in [1.82, 2.24) is 10.6 Å². The second-order valence-electron chi connectivity index (χ2n) is 1.67. The molecule has 1 rings (SSSR count). The minimum Gasteiger partial charge on any atom is -0.349 e. The van der Waals surface area contributed by atoms with Crippen molar-refractivity contribution in [2.45, 2.75) is 13.3 Å². The molecule has 1 aliphatic rings. The van der Waals surface area contributed by atoms with Crippen molar-refractivity contribution in [3.8, 4) is 0 Å². The van der Waals surface area contributed by atoms with Crippen LogP contribution in [0, 0.1) is 0 Å². The molecule has 1 radical (unpaired) electrons. The highest BCUT2D eigenvalue weighted by Crippen LogP contribution is 1.88. The summed E-state index contributed by atoms with van der Waals surface area (Å²) in [6.45, 7) is 4.56. The molecule has 1 N–H and O–H groups in total. The van der Waals surface area contributed by atoms with Crippen LogP contribution in [0.1, 0.15) is 6.92 Å². The summed E-state index contributed by atoms with van der Waals surface area (Å²) >= 11 is 0. The maximum atomic E-state index is 5.12. The van der Waals surface area contributed by atoms with Gasteiger partial charge in [-0.25, -0.2) is 0 Å². The van der Waals surface area contributed by atoms with Crippen molar-refractivity contribution in [3.05, 3.63) is 0 Å². The third-order valence-electron chi connectivity index (χ3n) is 1.05. The maximum Gasteiger partial charge on any atom is 0.178 e. The SMILES string of the molecule is CCOC1[N]CCN1. The molecule has 1 fully saturated rings. The Morgan fingerprint density at radius 1 is 1.88 bits per heavy atom. The summed E-state index contributed by atoms with van der Waals surface area (Å²) in [5.74, 6) is 0. The summed E-state index contributed by atoms with van der Waals surface area (Å²) in [7, 11) is 0. The number of hydrogen-bond acceptors (Lipinski definition) is 2. The lowest BCUT2D eigenvalue weighted by Crippen LogP contribution is -2.29. The van der Waals surface area contributed by atoms with Gasteiger partial charge in [-0.05, 0) is 6.92 Å². The maximum absolute atomic E-state index is 5.12. The summed E-state index contributed by atoms with van der Waals surface area (Å²) in [5, 5.41) is 7.16. The molecule has 1 unspecified atom stereocenters. The number of hydrogen-bond donors (Lipinski definition) is 1. The highest BCUT2D eigenvalue weighted by Gasteiger charge is 2.12. The average Bonchev–Trinajstić information content (AvgIpc) is 2.19. The molecule has 0 amide bonds. The van der Waals surface area contributed by atoms with Gasteiger partial charge in [0.05, 0.1) is 0 Å². The molecule has 1 heterocycles. The standard InChI is InChI=1S/C5H11N2O/c1-2-8-5-6-3-4-7-5/h5-6H,2-4H2,1H3. The van der Waals surface area contributed by atoms with Gasteiger partial charge in [0, 0.05) is 19.7 Å².